The standard InChI is InChI=1S/C5H3ClO2Se/c6-4-2-1-3(9-4)5(7)8/h1-2H,(H,7,8). The molecule has 0 aromatic carbocycles. The molecule has 4 heteroatoms. The quantitative estimate of drug-likeness (QED) is 0.703. The van der Waals surface area contributed by atoms with E-state index in [4.69, 9.17) is 16.7 Å². The van der Waals surface area contributed by atoms with Gasteiger partial charge in [0.1, 0.15) is 0 Å². The van der Waals surface area contributed by atoms with Crippen LogP contribution in [-0.4, -0.2) is 25.6 Å². The van der Waals surface area contributed by atoms with Gasteiger partial charge in [-0.2, -0.15) is 0 Å². The van der Waals surface area contributed by atoms with Crippen molar-refractivity contribution >= 4 is 32.1 Å². The number of aromatic carboxylic acids is 1. The fraction of sp³-hybridized carbons (Fsp3) is 0. The van der Waals surface area contributed by atoms with Gasteiger partial charge in [0.25, 0.3) is 0 Å². The molecule has 1 rings (SSSR count). The molecule has 0 aliphatic heterocycles. The summed E-state index contributed by atoms with van der Waals surface area (Å²) in [7, 11) is 0. The van der Waals surface area contributed by atoms with Crippen molar-refractivity contribution in [3.8, 4) is 0 Å². The first-order valence-corrected chi connectivity index (χ1v) is 4.28. The van der Waals surface area contributed by atoms with E-state index in [1.54, 1.807) is 12.1 Å². The number of hydrogen-bond donors (Lipinski definition) is 1. The van der Waals surface area contributed by atoms with Crippen molar-refractivity contribution in [3.63, 3.8) is 0 Å². The Morgan fingerprint density at radius 2 is 2.33 bits per heavy atom. The monoisotopic (exact) mass is 210 g/mol. The molecule has 0 saturated heterocycles. The molecule has 1 heterocycles. The molecule has 0 atom stereocenters. The molecule has 48 valence electrons. The van der Waals surface area contributed by atoms with Crippen molar-refractivity contribution < 1.29 is 9.90 Å². The van der Waals surface area contributed by atoms with Crippen LogP contribution in [0, 0.1) is 0 Å². The van der Waals surface area contributed by atoms with Crippen LogP contribution in [0.25, 0.3) is 0 Å². The molecule has 1 aromatic rings. The summed E-state index contributed by atoms with van der Waals surface area (Å²) in [4.78, 5) is 10.2. The first-order chi connectivity index (χ1) is 4.20. The van der Waals surface area contributed by atoms with Crippen LogP contribution in [0.15, 0.2) is 12.1 Å². The summed E-state index contributed by atoms with van der Waals surface area (Å²) in [5.41, 5.74) is 0. The molecule has 0 aliphatic carbocycles. The summed E-state index contributed by atoms with van der Waals surface area (Å²) in [5.74, 6) is -0.859. The van der Waals surface area contributed by atoms with E-state index >= 15 is 0 Å². The van der Waals surface area contributed by atoms with Crippen molar-refractivity contribution in [2.45, 2.75) is 0 Å². The fourth-order valence-corrected chi connectivity index (χ4v) is 2.12. The Labute approximate surface area is 62.8 Å². The first-order valence-electron chi connectivity index (χ1n) is 2.19. The van der Waals surface area contributed by atoms with Crippen molar-refractivity contribution in [3.05, 3.63) is 20.5 Å². The summed E-state index contributed by atoms with van der Waals surface area (Å²) < 4.78 is 1.08. The van der Waals surface area contributed by atoms with Crippen LogP contribution in [0.1, 0.15) is 9.23 Å². The van der Waals surface area contributed by atoms with Gasteiger partial charge in [0, 0.05) is 0 Å². The van der Waals surface area contributed by atoms with E-state index in [0.717, 1.165) is 0 Å². The molecule has 0 radical (unpaired) electrons. The van der Waals surface area contributed by atoms with Gasteiger partial charge in [0.05, 0.1) is 0 Å². The van der Waals surface area contributed by atoms with Crippen LogP contribution >= 0.6 is 11.6 Å². The number of halogens is 1. The Morgan fingerprint density at radius 1 is 1.67 bits per heavy atom. The Kier molecular flexibility index (Phi) is 1.96. The third kappa shape index (κ3) is 1.58. The average molecular weight is 209 g/mol. The molecule has 1 N–H and O–H groups in total. The van der Waals surface area contributed by atoms with Gasteiger partial charge in [-0.25, -0.2) is 0 Å². The fourth-order valence-electron chi connectivity index (χ4n) is 0.429. The minimum absolute atomic E-state index is 0.145. The zero-order valence-corrected chi connectivity index (χ0v) is 6.77. The SMILES string of the molecule is O=C(O)c1ccc(Cl)[se]1. The zero-order chi connectivity index (χ0) is 6.85. The van der Waals surface area contributed by atoms with Gasteiger partial charge < -0.3 is 0 Å². The Balaban J connectivity index is 2.98. The molecule has 0 amide bonds. The number of rotatable bonds is 1. The van der Waals surface area contributed by atoms with Gasteiger partial charge in [-0.15, -0.1) is 0 Å². The summed E-state index contributed by atoms with van der Waals surface area (Å²) in [6.45, 7) is 0. The van der Waals surface area contributed by atoms with E-state index in [1.165, 1.54) is 0 Å². The van der Waals surface area contributed by atoms with Crippen LogP contribution in [-0.2, 0) is 0 Å². The van der Waals surface area contributed by atoms with E-state index in [1.807, 2.05) is 0 Å². The van der Waals surface area contributed by atoms with Crippen LogP contribution in [0.2, 0.25) is 3.90 Å². The molecule has 0 unspecified atom stereocenters. The number of carboxylic acid groups (broad SMARTS) is 1. The molecule has 0 fully saturated rings. The van der Waals surface area contributed by atoms with Crippen LogP contribution in [0.4, 0.5) is 0 Å². The second-order valence-corrected chi connectivity index (χ2v) is 4.60. The maximum absolute atomic E-state index is 10.2. The Bertz CT molecular complexity index is 231. The van der Waals surface area contributed by atoms with E-state index in [-0.39, 0.29) is 14.5 Å². The van der Waals surface area contributed by atoms with Crippen molar-refractivity contribution in [2.24, 2.45) is 0 Å². The molecule has 2 nitrogen and oxygen atoms in total. The van der Waals surface area contributed by atoms with Crippen molar-refractivity contribution in [1.29, 1.82) is 0 Å². The van der Waals surface area contributed by atoms with E-state index in [2.05, 4.69) is 0 Å². The zero-order valence-electron chi connectivity index (χ0n) is 4.30. The summed E-state index contributed by atoms with van der Waals surface area (Å²) >= 11 is 5.38. The molecular formula is C5H3ClO2Se. The van der Waals surface area contributed by atoms with E-state index in [0.29, 0.717) is 8.33 Å². The predicted octanol–water partition coefficient (Wildman–Crippen LogP) is 1.10. The maximum atomic E-state index is 10.2. The normalized spacial score (nSPS) is 9.44. The topological polar surface area (TPSA) is 37.3 Å². The third-order valence-corrected chi connectivity index (χ3v) is 3.12. The summed E-state index contributed by atoms with van der Waals surface area (Å²) in [5, 5.41) is 8.39. The second-order valence-electron chi connectivity index (χ2n) is 1.41. The van der Waals surface area contributed by atoms with E-state index in [9.17, 15) is 4.79 Å². The van der Waals surface area contributed by atoms with Gasteiger partial charge >= 0.3 is 62.4 Å². The van der Waals surface area contributed by atoms with Crippen LogP contribution in [0.5, 0.6) is 0 Å². The Morgan fingerprint density at radius 3 is 2.56 bits per heavy atom. The first kappa shape index (κ1) is 6.87. The van der Waals surface area contributed by atoms with Crippen LogP contribution < -0.4 is 0 Å². The molecule has 1 aromatic heterocycles. The van der Waals surface area contributed by atoms with Gasteiger partial charge in [0.15, 0.2) is 0 Å². The molecular weight excluding hydrogens is 206 g/mol. The third-order valence-electron chi connectivity index (χ3n) is 0.784. The van der Waals surface area contributed by atoms with Crippen LogP contribution in [0.3, 0.4) is 0 Å². The van der Waals surface area contributed by atoms with Crippen molar-refractivity contribution in [2.75, 3.05) is 0 Å². The molecule has 0 aliphatic rings. The molecule has 0 spiro atoms. The second kappa shape index (κ2) is 2.56. The Hall–Kier alpha value is -0.241. The number of hydrogen-bond acceptors (Lipinski definition) is 1. The molecule has 0 saturated carbocycles. The predicted molar refractivity (Wildman–Crippen MR) is 35.4 cm³/mol. The minimum atomic E-state index is -0.859. The summed E-state index contributed by atoms with van der Waals surface area (Å²) in [6, 6.07) is 3.18. The van der Waals surface area contributed by atoms with Crippen molar-refractivity contribution in [1.82, 2.24) is 0 Å². The van der Waals surface area contributed by atoms with Gasteiger partial charge in [-0.05, 0) is 0 Å². The number of carbonyl (C=O) groups is 1. The van der Waals surface area contributed by atoms with Gasteiger partial charge in [0.2, 0.25) is 0 Å². The average Bonchev–Trinajstić information content (AvgIpc) is 2.14. The number of carboxylic acids is 1. The summed E-state index contributed by atoms with van der Waals surface area (Å²) in [6.07, 6.45) is 0. The van der Waals surface area contributed by atoms with Gasteiger partial charge in [-0.3, -0.25) is 0 Å². The molecule has 0 bridgehead atoms. The van der Waals surface area contributed by atoms with E-state index < -0.39 is 5.97 Å². The van der Waals surface area contributed by atoms with Gasteiger partial charge in [-0.1, -0.05) is 0 Å². The molecule has 9 heavy (non-hydrogen) atoms.